The van der Waals surface area contributed by atoms with E-state index in [1.807, 2.05) is 17.8 Å². The van der Waals surface area contributed by atoms with Gasteiger partial charge in [0.25, 0.3) is 0 Å². The molecule has 0 aliphatic carbocycles. The number of aryl methyl sites for hydroxylation is 1. The molecule has 0 unspecified atom stereocenters. The SMILES string of the molecule is Cn1cc(Sc2ccc(-c3ccccc3)cc2)c2ccccc21. The lowest BCUT2D eigenvalue weighted by atomic mass is 10.1. The fourth-order valence-corrected chi connectivity index (χ4v) is 3.88. The van der Waals surface area contributed by atoms with Crippen molar-refractivity contribution in [2.75, 3.05) is 0 Å². The van der Waals surface area contributed by atoms with Crippen molar-refractivity contribution in [3.05, 3.63) is 85.1 Å². The lowest BCUT2D eigenvalue weighted by Crippen LogP contribution is -1.81. The summed E-state index contributed by atoms with van der Waals surface area (Å²) in [6.07, 6.45) is 2.21. The smallest absolute Gasteiger partial charge is 0.0489 e. The average molecular weight is 315 g/mol. The summed E-state index contributed by atoms with van der Waals surface area (Å²) in [4.78, 5) is 2.57. The van der Waals surface area contributed by atoms with Crippen molar-refractivity contribution in [3.63, 3.8) is 0 Å². The van der Waals surface area contributed by atoms with Crippen LogP contribution in [0.2, 0.25) is 0 Å². The molecule has 1 heterocycles. The molecule has 1 aromatic heterocycles. The Morgan fingerprint density at radius 1 is 0.696 bits per heavy atom. The van der Waals surface area contributed by atoms with Crippen molar-refractivity contribution < 1.29 is 0 Å². The van der Waals surface area contributed by atoms with Crippen LogP contribution in [-0.4, -0.2) is 4.57 Å². The van der Waals surface area contributed by atoms with Crippen molar-refractivity contribution in [2.24, 2.45) is 7.05 Å². The first-order valence-electron chi connectivity index (χ1n) is 7.69. The summed E-state index contributed by atoms with van der Waals surface area (Å²) in [6, 6.07) is 27.8. The van der Waals surface area contributed by atoms with Gasteiger partial charge >= 0.3 is 0 Å². The summed E-state index contributed by atoms with van der Waals surface area (Å²) in [5.74, 6) is 0. The van der Waals surface area contributed by atoms with Gasteiger partial charge < -0.3 is 4.57 Å². The first kappa shape index (κ1) is 14.2. The molecule has 0 atom stereocenters. The summed E-state index contributed by atoms with van der Waals surface area (Å²) in [5, 5.41) is 1.31. The van der Waals surface area contributed by atoms with Crippen molar-refractivity contribution in [2.45, 2.75) is 9.79 Å². The van der Waals surface area contributed by atoms with E-state index in [0.29, 0.717) is 0 Å². The van der Waals surface area contributed by atoms with Crippen LogP contribution >= 0.6 is 11.8 Å². The maximum absolute atomic E-state index is 2.21. The molecule has 4 aromatic rings. The minimum atomic E-state index is 1.26. The van der Waals surface area contributed by atoms with Gasteiger partial charge in [-0.3, -0.25) is 0 Å². The number of para-hydroxylation sites is 1. The molecule has 0 aliphatic heterocycles. The van der Waals surface area contributed by atoms with Crippen LogP contribution in [0.25, 0.3) is 22.0 Å². The molecule has 0 aliphatic rings. The molecule has 23 heavy (non-hydrogen) atoms. The van der Waals surface area contributed by atoms with E-state index in [2.05, 4.69) is 90.6 Å². The zero-order valence-corrected chi connectivity index (χ0v) is 13.8. The number of rotatable bonds is 3. The second kappa shape index (κ2) is 5.98. The molecular formula is C21H17NS. The van der Waals surface area contributed by atoms with Crippen molar-refractivity contribution >= 4 is 22.7 Å². The van der Waals surface area contributed by atoms with Crippen LogP contribution < -0.4 is 0 Å². The van der Waals surface area contributed by atoms with Gasteiger partial charge in [0.1, 0.15) is 0 Å². The number of hydrogen-bond donors (Lipinski definition) is 0. The Hall–Kier alpha value is -2.45. The fraction of sp³-hybridized carbons (Fsp3) is 0.0476. The molecule has 0 saturated heterocycles. The Balaban J connectivity index is 1.64. The third kappa shape index (κ3) is 2.78. The topological polar surface area (TPSA) is 4.93 Å². The Morgan fingerprint density at radius 2 is 1.35 bits per heavy atom. The highest BCUT2D eigenvalue weighted by atomic mass is 32.2. The van der Waals surface area contributed by atoms with Crippen LogP contribution in [0.4, 0.5) is 0 Å². The standard InChI is InChI=1S/C21H17NS/c1-22-15-21(19-9-5-6-10-20(19)22)23-18-13-11-17(12-14-18)16-7-3-2-4-8-16/h2-15H,1H3. The fourth-order valence-electron chi connectivity index (χ4n) is 2.86. The van der Waals surface area contributed by atoms with E-state index in [1.165, 1.54) is 31.8 Å². The second-order valence-corrected chi connectivity index (χ2v) is 6.73. The minimum Gasteiger partial charge on any atom is -0.349 e. The number of fused-ring (bicyclic) bond motifs is 1. The van der Waals surface area contributed by atoms with Crippen LogP contribution in [0.15, 0.2) is 94.9 Å². The average Bonchev–Trinajstić information content (AvgIpc) is 2.93. The second-order valence-electron chi connectivity index (χ2n) is 5.61. The maximum Gasteiger partial charge on any atom is 0.0489 e. The number of nitrogens with zero attached hydrogens (tertiary/aromatic N) is 1. The van der Waals surface area contributed by atoms with Crippen LogP contribution in [0.3, 0.4) is 0 Å². The van der Waals surface area contributed by atoms with E-state index in [4.69, 9.17) is 0 Å². The normalized spacial score (nSPS) is 11.0. The third-order valence-electron chi connectivity index (χ3n) is 4.05. The van der Waals surface area contributed by atoms with Gasteiger partial charge in [0.05, 0.1) is 0 Å². The van der Waals surface area contributed by atoms with Crippen molar-refractivity contribution in [3.8, 4) is 11.1 Å². The highest BCUT2D eigenvalue weighted by Gasteiger charge is 2.07. The lowest BCUT2D eigenvalue weighted by molar-refractivity contribution is 0.957. The molecule has 3 aromatic carbocycles. The predicted octanol–water partition coefficient (Wildman–Crippen LogP) is 6.00. The van der Waals surface area contributed by atoms with Crippen LogP contribution in [-0.2, 0) is 7.05 Å². The molecule has 0 radical (unpaired) electrons. The molecule has 0 N–H and O–H groups in total. The van der Waals surface area contributed by atoms with Crippen LogP contribution in [0.1, 0.15) is 0 Å². The molecule has 0 bridgehead atoms. The maximum atomic E-state index is 2.21. The van der Waals surface area contributed by atoms with E-state index < -0.39 is 0 Å². The van der Waals surface area contributed by atoms with E-state index >= 15 is 0 Å². The van der Waals surface area contributed by atoms with Gasteiger partial charge in [0.2, 0.25) is 0 Å². The molecule has 2 heteroatoms. The molecule has 0 spiro atoms. The zero-order chi connectivity index (χ0) is 15.6. The Morgan fingerprint density at radius 3 is 2.13 bits per heavy atom. The van der Waals surface area contributed by atoms with Crippen LogP contribution in [0, 0.1) is 0 Å². The van der Waals surface area contributed by atoms with Gasteiger partial charge in [-0.1, -0.05) is 72.4 Å². The van der Waals surface area contributed by atoms with Gasteiger partial charge in [-0.15, -0.1) is 0 Å². The molecule has 1 nitrogen and oxygen atoms in total. The Labute approximate surface area is 140 Å². The summed E-state index contributed by atoms with van der Waals surface area (Å²) < 4.78 is 2.19. The summed E-state index contributed by atoms with van der Waals surface area (Å²) in [6.45, 7) is 0. The molecule has 0 fully saturated rings. The highest BCUT2D eigenvalue weighted by Crippen LogP contribution is 2.35. The quantitative estimate of drug-likeness (QED) is 0.449. The molecule has 0 saturated carbocycles. The minimum absolute atomic E-state index is 1.26. The molecule has 0 amide bonds. The third-order valence-corrected chi connectivity index (χ3v) is 5.10. The Bertz CT molecular complexity index is 937. The van der Waals surface area contributed by atoms with Gasteiger partial charge in [-0.2, -0.15) is 0 Å². The largest absolute Gasteiger partial charge is 0.349 e. The first-order valence-corrected chi connectivity index (χ1v) is 8.50. The van der Waals surface area contributed by atoms with Gasteiger partial charge in [-0.05, 0) is 29.3 Å². The highest BCUT2D eigenvalue weighted by molar-refractivity contribution is 7.99. The van der Waals surface area contributed by atoms with E-state index in [-0.39, 0.29) is 0 Å². The molecular weight excluding hydrogens is 298 g/mol. The number of benzene rings is 3. The summed E-state index contributed by atoms with van der Waals surface area (Å²) in [7, 11) is 2.10. The first-order chi connectivity index (χ1) is 11.3. The van der Waals surface area contributed by atoms with Gasteiger partial charge in [0, 0.05) is 33.9 Å². The monoisotopic (exact) mass is 315 g/mol. The lowest BCUT2D eigenvalue weighted by Gasteiger charge is -2.04. The van der Waals surface area contributed by atoms with Crippen molar-refractivity contribution in [1.82, 2.24) is 4.57 Å². The number of aromatic nitrogens is 1. The number of hydrogen-bond acceptors (Lipinski definition) is 1. The summed E-state index contributed by atoms with van der Waals surface area (Å²) in [5.41, 5.74) is 3.79. The predicted molar refractivity (Wildman–Crippen MR) is 98.9 cm³/mol. The molecule has 112 valence electrons. The van der Waals surface area contributed by atoms with Crippen LogP contribution in [0.5, 0.6) is 0 Å². The molecule has 4 rings (SSSR count). The van der Waals surface area contributed by atoms with E-state index in [9.17, 15) is 0 Å². The van der Waals surface area contributed by atoms with E-state index in [0.717, 1.165) is 0 Å². The summed E-state index contributed by atoms with van der Waals surface area (Å²) >= 11 is 1.82. The van der Waals surface area contributed by atoms with E-state index in [1.54, 1.807) is 0 Å². The van der Waals surface area contributed by atoms with Gasteiger partial charge in [0.15, 0.2) is 0 Å². The van der Waals surface area contributed by atoms with Crippen molar-refractivity contribution in [1.29, 1.82) is 0 Å². The van der Waals surface area contributed by atoms with Gasteiger partial charge in [-0.25, -0.2) is 0 Å². The Kier molecular flexibility index (Phi) is 3.68. The zero-order valence-electron chi connectivity index (χ0n) is 12.9.